The molecular formula is C21H24ClNO3. The predicted molar refractivity (Wildman–Crippen MR) is 107 cm³/mol. The third-order valence-corrected chi connectivity index (χ3v) is 3.97. The number of anilines is 1. The molecule has 1 N–H and O–H groups in total. The zero-order chi connectivity index (χ0) is 19.1. The maximum Gasteiger partial charge on any atom is 0.248 e. The van der Waals surface area contributed by atoms with Gasteiger partial charge in [-0.3, -0.25) is 4.79 Å². The van der Waals surface area contributed by atoms with E-state index in [1.165, 1.54) is 6.08 Å². The maximum absolute atomic E-state index is 12.2. The van der Waals surface area contributed by atoms with Gasteiger partial charge in [-0.15, -0.1) is 0 Å². The first-order valence-corrected chi connectivity index (χ1v) is 8.93. The lowest BCUT2D eigenvalue weighted by atomic mass is 10.1. The lowest BCUT2D eigenvalue weighted by molar-refractivity contribution is -0.111. The third kappa shape index (κ3) is 5.27. The van der Waals surface area contributed by atoms with Gasteiger partial charge in [-0.1, -0.05) is 36.7 Å². The molecular weight excluding hydrogens is 350 g/mol. The zero-order valence-corrected chi connectivity index (χ0v) is 16.3. The van der Waals surface area contributed by atoms with Gasteiger partial charge < -0.3 is 14.8 Å². The summed E-state index contributed by atoms with van der Waals surface area (Å²) in [6.45, 7) is 5.89. The molecule has 2 rings (SSSR count). The Morgan fingerprint density at radius 2 is 2.00 bits per heavy atom. The number of halogens is 1. The second-order valence-corrected chi connectivity index (χ2v) is 6.44. The molecule has 0 aromatic heterocycles. The molecule has 0 fully saturated rings. The van der Waals surface area contributed by atoms with Crippen LogP contribution in [0.3, 0.4) is 0 Å². The van der Waals surface area contributed by atoms with Crippen molar-refractivity contribution in [3.05, 3.63) is 58.6 Å². The van der Waals surface area contributed by atoms with Crippen LogP contribution in [-0.4, -0.2) is 19.1 Å². The Morgan fingerprint density at radius 3 is 2.65 bits per heavy atom. The molecule has 0 spiro atoms. The fourth-order valence-corrected chi connectivity index (χ4v) is 2.75. The van der Waals surface area contributed by atoms with Crippen molar-refractivity contribution in [2.24, 2.45) is 0 Å². The minimum Gasteiger partial charge on any atom is -0.493 e. The SMILES string of the molecule is CCc1ccccc1NC(=O)/C=C/c1cc(Cl)c(OC(C)C)c(OC)c1. The predicted octanol–water partition coefficient (Wildman–Crippen LogP) is 5.35. The van der Waals surface area contributed by atoms with Crippen LogP contribution in [0.1, 0.15) is 31.9 Å². The second-order valence-electron chi connectivity index (χ2n) is 6.03. The Hall–Kier alpha value is -2.46. The van der Waals surface area contributed by atoms with Crippen LogP contribution in [0.2, 0.25) is 5.02 Å². The van der Waals surface area contributed by atoms with Gasteiger partial charge in [-0.05, 0) is 55.7 Å². The number of hydrogen-bond donors (Lipinski definition) is 1. The number of ether oxygens (including phenoxy) is 2. The minimum atomic E-state index is -0.205. The van der Waals surface area contributed by atoms with Crippen LogP contribution in [0, 0.1) is 0 Å². The van der Waals surface area contributed by atoms with E-state index < -0.39 is 0 Å². The monoisotopic (exact) mass is 373 g/mol. The molecule has 0 aliphatic rings. The van der Waals surface area contributed by atoms with Gasteiger partial charge in [-0.25, -0.2) is 0 Å². The Balaban J connectivity index is 2.16. The largest absolute Gasteiger partial charge is 0.493 e. The lowest BCUT2D eigenvalue weighted by Gasteiger charge is -2.15. The van der Waals surface area contributed by atoms with Gasteiger partial charge in [0, 0.05) is 11.8 Å². The van der Waals surface area contributed by atoms with Gasteiger partial charge in [0.25, 0.3) is 0 Å². The molecule has 4 nitrogen and oxygen atoms in total. The normalized spacial score (nSPS) is 11.0. The first-order chi connectivity index (χ1) is 12.4. The Bertz CT molecular complexity index is 800. The molecule has 0 bridgehead atoms. The van der Waals surface area contributed by atoms with Crippen molar-refractivity contribution in [1.29, 1.82) is 0 Å². The summed E-state index contributed by atoms with van der Waals surface area (Å²) in [5, 5.41) is 3.34. The van der Waals surface area contributed by atoms with Gasteiger partial charge in [-0.2, -0.15) is 0 Å². The van der Waals surface area contributed by atoms with Crippen molar-refractivity contribution in [2.75, 3.05) is 12.4 Å². The van der Waals surface area contributed by atoms with E-state index in [1.54, 1.807) is 25.3 Å². The number of hydrogen-bond acceptors (Lipinski definition) is 3. The molecule has 0 saturated carbocycles. The van der Waals surface area contributed by atoms with Crippen molar-refractivity contribution in [3.63, 3.8) is 0 Å². The van der Waals surface area contributed by atoms with Crippen LogP contribution in [-0.2, 0) is 11.2 Å². The molecule has 5 heteroatoms. The Kier molecular flexibility index (Phi) is 7.10. The van der Waals surface area contributed by atoms with Crippen LogP contribution in [0.5, 0.6) is 11.5 Å². The van der Waals surface area contributed by atoms with Crippen molar-refractivity contribution < 1.29 is 14.3 Å². The van der Waals surface area contributed by atoms with E-state index in [1.807, 2.05) is 38.1 Å². The van der Waals surface area contributed by atoms with E-state index in [2.05, 4.69) is 12.2 Å². The van der Waals surface area contributed by atoms with Gasteiger partial charge in [0.05, 0.1) is 18.2 Å². The highest BCUT2D eigenvalue weighted by Gasteiger charge is 2.13. The van der Waals surface area contributed by atoms with Crippen molar-refractivity contribution in [1.82, 2.24) is 0 Å². The molecule has 26 heavy (non-hydrogen) atoms. The number of aryl methyl sites for hydroxylation is 1. The Labute approximate surface area is 159 Å². The summed E-state index contributed by atoms with van der Waals surface area (Å²) in [5.74, 6) is 0.828. The van der Waals surface area contributed by atoms with Crippen LogP contribution >= 0.6 is 11.6 Å². The molecule has 0 heterocycles. The van der Waals surface area contributed by atoms with E-state index in [9.17, 15) is 4.79 Å². The highest BCUT2D eigenvalue weighted by Crippen LogP contribution is 2.37. The third-order valence-electron chi connectivity index (χ3n) is 3.69. The highest BCUT2D eigenvalue weighted by atomic mass is 35.5. The molecule has 0 aliphatic heterocycles. The minimum absolute atomic E-state index is 0.0211. The highest BCUT2D eigenvalue weighted by molar-refractivity contribution is 6.32. The standard InChI is InChI=1S/C21H24ClNO3/c1-5-16-8-6-7-9-18(16)23-20(24)11-10-15-12-17(22)21(26-14(2)3)19(13-15)25-4/h6-14H,5H2,1-4H3,(H,23,24)/b11-10+. The molecule has 2 aromatic carbocycles. The topological polar surface area (TPSA) is 47.6 Å². The van der Waals surface area contributed by atoms with Gasteiger partial charge in [0.15, 0.2) is 11.5 Å². The van der Waals surface area contributed by atoms with E-state index in [4.69, 9.17) is 21.1 Å². The number of para-hydroxylation sites is 1. The first-order valence-electron chi connectivity index (χ1n) is 8.55. The average Bonchev–Trinajstić information content (AvgIpc) is 2.62. The van der Waals surface area contributed by atoms with Crippen molar-refractivity contribution >= 4 is 29.3 Å². The van der Waals surface area contributed by atoms with E-state index in [-0.39, 0.29) is 12.0 Å². The zero-order valence-electron chi connectivity index (χ0n) is 15.5. The quantitative estimate of drug-likeness (QED) is 0.665. The molecule has 1 amide bonds. The smallest absolute Gasteiger partial charge is 0.248 e. The summed E-state index contributed by atoms with van der Waals surface area (Å²) in [6, 6.07) is 11.3. The summed E-state index contributed by atoms with van der Waals surface area (Å²) >= 11 is 6.30. The molecule has 0 aliphatic carbocycles. The molecule has 0 atom stereocenters. The Morgan fingerprint density at radius 1 is 1.27 bits per heavy atom. The van der Waals surface area contributed by atoms with Crippen molar-refractivity contribution in [2.45, 2.75) is 33.3 Å². The molecule has 138 valence electrons. The summed E-state index contributed by atoms with van der Waals surface area (Å²) in [4.78, 5) is 12.2. The average molecular weight is 374 g/mol. The van der Waals surface area contributed by atoms with Gasteiger partial charge >= 0.3 is 0 Å². The number of carbonyl (C=O) groups is 1. The maximum atomic E-state index is 12.2. The number of methoxy groups -OCH3 is 1. The molecule has 0 saturated heterocycles. The fraction of sp³-hybridized carbons (Fsp3) is 0.286. The number of benzene rings is 2. The number of carbonyl (C=O) groups excluding carboxylic acids is 1. The van der Waals surface area contributed by atoms with Gasteiger partial charge in [0.1, 0.15) is 0 Å². The first kappa shape index (κ1) is 19.9. The number of amides is 1. The molecule has 0 unspecified atom stereocenters. The summed E-state index contributed by atoms with van der Waals surface area (Å²) in [7, 11) is 1.56. The summed E-state index contributed by atoms with van der Waals surface area (Å²) in [5.41, 5.74) is 2.66. The second kappa shape index (κ2) is 9.30. The molecule has 0 radical (unpaired) electrons. The summed E-state index contributed by atoms with van der Waals surface area (Å²) < 4.78 is 11.0. The van der Waals surface area contributed by atoms with Crippen LogP contribution in [0.15, 0.2) is 42.5 Å². The summed E-state index contributed by atoms with van der Waals surface area (Å²) in [6.07, 6.45) is 4.00. The lowest BCUT2D eigenvalue weighted by Crippen LogP contribution is -2.09. The fourth-order valence-electron chi connectivity index (χ4n) is 2.48. The number of nitrogens with one attached hydrogen (secondary N) is 1. The van der Waals surface area contributed by atoms with Crippen LogP contribution < -0.4 is 14.8 Å². The number of rotatable bonds is 7. The van der Waals surface area contributed by atoms with E-state index in [0.717, 1.165) is 23.2 Å². The van der Waals surface area contributed by atoms with Crippen molar-refractivity contribution in [3.8, 4) is 11.5 Å². The van der Waals surface area contributed by atoms with E-state index >= 15 is 0 Å². The van der Waals surface area contributed by atoms with Crippen LogP contribution in [0.4, 0.5) is 5.69 Å². The molecule has 2 aromatic rings. The van der Waals surface area contributed by atoms with Crippen LogP contribution in [0.25, 0.3) is 6.08 Å². The van der Waals surface area contributed by atoms with Gasteiger partial charge in [0.2, 0.25) is 5.91 Å². The van der Waals surface area contributed by atoms with E-state index in [0.29, 0.717) is 16.5 Å².